The largest absolute Gasteiger partial charge is 0.305 e. The van der Waals surface area contributed by atoms with Gasteiger partial charge >= 0.3 is 0 Å². The highest BCUT2D eigenvalue weighted by Gasteiger charge is 2.52. The van der Waals surface area contributed by atoms with Crippen LogP contribution >= 0.6 is 0 Å². The SMILES string of the molecule is CC(C)(C)CCC(c1ccc(C=O)cc1)N1C(=O)C(c2cccc(S(C)(=O)=O)c2)=NC12CCC(C(C)(C)C)CC2. The molecule has 0 saturated heterocycles. The Morgan fingerprint density at radius 3 is 2.17 bits per heavy atom. The van der Waals surface area contributed by atoms with Crippen molar-refractivity contribution >= 4 is 27.7 Å². The molecule has 2 aliphatic rings. The van der Waals surface area contributed by atoms with Gasteiger partial charge in [0.05, 0.1) is 10.9 Å². The molecule has 1 aliphatic carbocycles. The van der Waals surface area contributed by atoms with Crippen molar-refractivity contribution in [2.24, 2.45) is 21.7 Å². The summed E-state index contributed by atoms with van der Waals surface area (Å²) in [6, 6.07) is 13.9. The molecule has 40 heavy (non-hydrogen) atoms. The zero-order chi connectivity index (χ0) is 29.5. The lowest BCUT2D eigenvalue weighted by atomic mass is 9.69. The monoisotopic (exact) mass is 564 g/mol. The van der Waals surface area contributed by atoms with Gasteiger partial charge in [0.2, 0.25) is 0 Å². The van der Waals surface area contributed by atoms with Crippen LogP contribution in [0.25, 0.3) is 0 Å². The van der Waals surface area contributed by atoms with Gasteiger partial charge in [-0.2, -0.15) is 0 Å². The Bertz CT molecular complexity index is 1390. The Balaban J connectivity index is 1.83. The first-order chi connectivity index (χ1) is 18.5. The van der Waals surface area contributed by atoms with E-state index in [1.165, 1.54) is 6.26 Å². The van der Waals surface area contributed by atoms with Crippen molar-refractivity contribution < 1.29 is 18.0 Å². The average molecular weight is 565 g/mol. The Morgan fingerprint density at radius 2 is 1.65 bits per heavy atom. The van der Waals surface area contributed by atoms with Crippen molar-refractivity contribution in [3.05, 3.63) is 65.2 Å². The van der Waals surface area contributed by atoms with Gasteiger partial charge in [-0.15, -0.1) is 0 Å². The normalized spacial score (nSPS) is 22.9. The van der Waals surface area contributed by atoms with Crippen molar-refractivity contribution in [2.75, 3.05) is 6.26 Å². The van der Waals surface area contributed by atoms with Crippen LogP contribution in [0.5, 0.6) is 0 Å². The number of carbonyl (C=O) groups excluding carboxylic acids is 2. The summed E-state index contributed by atoms with van der Waals surface area (Å²) in [7, 11) is -3.44. The van der Waals surface area contributed by atoms with Crippen LogP contribution in [-0.2, 0) is 14.6 Å². The summed E-state index contributed by atoms with van der Waals surface area (Å²) in [5, 5.41) is 0. The Labute approximate surface area is 240 Å². The van der Waals surface area contributed by atoms with Gasteiger partial charge in [0.15, 0.2) is 9.84 Å². The first-order valence-corrected chi connectivity index (χ1v) is 16.2. The molecule has 1 amide bonds. The first-order valence-electron chi connectivity index (χ1n) is 14.3. The average Bonchev–Trinajstić information content (AvgIpc) is 3.14. The summed E-state index contributed by atoms with van der Waals surface area (Å²) in [6.45, 7) is 13.4. The number of benzene rings is 2. The van der Waals surface area contributed by atoms with E-state index in [2.05, 4.69) is 41.5 Å². The number of hydrogen-bond acceptors (Lipinski definition) is 5. The molecule has 1 heterocycles. The molecule has 4 rings (SSSR count). The highest BCUT2D eigenvalue weighted by Crippen LogP contribution is 2.50. The van der Waals surface area contributed by atoms with Gasteiger partial charge in [0.25, 0.3) is 5.91 Å². The number of nitrogens with zero attached hydrogens (tertiary/aromatic N) is 2. The van der Waals surface area contributed by atoms with E-state index in [1.807, 2.05) is 29.2 Å². The van der Waals surface area contributed by atoms with E-state index in [4.69, 9.17) is 4.99 Å². The van der Waals surface area contributed by atoms with Crippen LogP contribution < -0.4 is 0 Å². The van der Waals surface area contributed by atoms with Crippen LogP contribution in [0.3, 0.4) is 0 Å². The van der Waals surface area contributed by atoms with E-state index < -0.39 is 15.5 Å². The molecular weight excluding hydrogens is 520 g/mol. The third-order valence-corrected chi connectivity index (χ3v) is 9.78. The highest BCUT2D eigenvalue weighted by atomic mass is 32.2. The third-order valence-electron chi connectivity index (χ3n) is 8.67. The lowest BCUT2D eigenvalue weighted by Crippen LogP contribution is -2.51. The first kappa shape index (κ1) is 30.2. The molecule has 1 atom stereocenters. The second-order valence-corrected chi connectivity index (χ2v) is 16.0. The third kappa shape index (κ3) is 6.40. The van der Waals surface area contributed by atoms with Crippen molar-refractivity contribution in [2.45, 2.75) is 96.7 Å². The number of amides is 1. The number of sulfone groups is 1. The predicted octanol–water partition coefficient (Wildman–Crippen LogP) is 7.03. The Kier molecular flexibility index (Phi) is 8.21. The molecule has 7 heteroatoms. The molecule has 0 aromatic heterocycles. The molecule has 0 radical (unpaired) electrons. The minimum absolute atomic E-state index is 0.0638. The number of aldehydes is 1. The maximum atomic E-state index is 14.5. The van der Waals surface area contributed by atoms with Gasteiger partial charge in [-0.05, 0) is 73.0 Å². The summed E-state index contributed by atoms with van der Waals surface area (Å²) in [6.07, 6.45) is 7.11. The van der Waals surface area contributed by atoms with E-state index >= 15 is 0 Å². The lowest BCUT2D eigenvalue weighted by molar-refractivity contribution is -0.134. The van der Waals surface area contributed by atoms with Gasteiger partial charge in [-0.3, -0.25) is 14.6 Å². The minimum Gasteiger partial charge on any atom is -0.305 e. The topological polar surface area (TPSA) is 83.9 Å². The van der Waals surface area contributed by atoms with Crippen LogP contribution in [0.1, 0.15) is 108 Å². The van der Waals surface area contributed by atoms with Gasteiger partial charge < -0.3 is 4.90 Å². The van der Waals surface area contributed by atoms with Crippen LogP contribution in [0.4, 0.5) is 0 Å². The molecule has 1 saturated carbocycles. The quantitative estimate of drug-likeness (QED) is 0.338. The van der Waals surface area contributed by atoms with Crippen molar-refractivity contribution in [3.63, 3.8) is 0 Å². The number of hydrogen-bond donors (Lipinski definition) is 0. The zero-order valence-corrected chi connectivity index (χ0v) is 25.8. The van der Waals surface area contributed by atoms with E-state index in [9.17, 15) is 18.0 Å². The van der Waals surface area contributed by atoms with Gasteiger partial charge in [0, 0.05) is 17.4 Å². The van der Waals surface area contributed by atoms with E-state index in [-0.39, 0.29) is 27.7 Å². The summed E-state index contributed by atoms with van der Waals surface area (Å²) >= 11 is 0. The molecule has 0 N–H and O–H groups in total. The molecule has 2 aromatic carbocycles. The number of carbonyl (C=O) groups is 2. The number of aliphatic imine (C=N–C) groups is 1. The molecule has 216 valence electrons. The standard InChI is InChI=1S/C33H44N2O4S/c1-31(2,3)18-17-28(24-13-11-23(22-36)12-14-24)35-30(37)29(25-9-8-10-27(21-25)40(7,38)39)34-33(35)19-15-26(16-20-33)32(4,5)6/h8-14,21-22,26,28H,15-20H2,1-7H3. The fourth-order valence-corrected chi connectivity index (χ4v) is 6.88. The highest BCUT2D eigenvalue weighted by molar-refractivity contribution is 7.90. The van der Waals surface area contributed by atoms with Crippen LogP contribution in [0, 0.1) is 16.7 Å². The van der Waals surface area contributed by atoms with Gasteiger partial charge in [-0.25, -0.2) is 8.42 Å². The van der Waals surface area contributed by atoms with Crippen LogP contribution in [-0.4, -0.2) is 43.1 Å². The minimum atomic E-state index is -3.44. The number of rotatable bonds is 7. The maximum absolute atomic E-state index is 14.5. The molecule has 1 aliphatic heterocycles. The molecule has 6 nitrogen and oxygen atoms in total. The Hall–Kier alpha value is -2.80. The molecule has 2 aromatic rings. The van der Waals surface area contributed by atoms with Crippen molar-refractivity contribution in [1.29, 1.82) is 0 Å². The van der Waals surface area contributed by atoms with Crippen LogP contribution in [0.15, 0.2) is 58.4 Å². The predicted molar refractivity (Wildman–Crippen MR) is 160 cm³/mol. The second kappa shape index (κ2) is 10.9. The summed E-state index contributed by atoms with van der Waals surface area (Å²) < 4.78 is 24.7. The van der Waals surface area contributed by atoms with E-state index in [0.717, 1.165) is 50.4 Å². The summed E-state index contributed by atoms with van der Waals surface area (Å²) in [5.74, 6) is 0.376. The van der Waals surface area contributed by atoms with Gasteiger partial charge in [0.1, 0.15) is 17.7 Å². The summed E-state index contributed by atoms with van der Waals surface area (Å²) in [5.41, 5.74) is 2.00. The van der Waals surface area contributed by atoms with Crippen molar-refractivity contribution in [3.8, 4) is 0 Å². The van der Waals surface area contributed by atoms with E-state index in [0.29, 0.717) is 22.8 Å². The smallest absolute Gasteiger partial charge is 0.275 e. The van der Waals surface area contributed by atoms with Gasteiger partial charge in [-0.1, -0.05) is 77.9 Å². The maximum Gasteiger partial charge on any atom is 0.275 e. The Morgan fingerprint density at radius 1 is 1.02 bits per heavy atom. The van der Waals surface area contributed by atoms with Crippen LogP contribution in [0.2, 0.25) is 0 Å². The van der Waals surface area contributed by atoms with E-state index in [1.54, 1.807) is 24.3 Å². The van der Waals surface area contributed by atoms with Crippen molar-refractivity contribution in [1.82, 2.24) is 4.90 Å². The second-order valence-electron chi connectivity index (χ2n) is 14.0. The molecule has 1 unspecified atom stereocenters. The zero-order valence-electron chi connectivity index (χ0n) is 25.0. The fraction of sp³-hybridized carbons (Fsp3) is 0.545. The molecule has 1 spiro atoms. The molecular formula is C33H44N2O4S. The molecule has 0 bridgehead atoms. The fourth-order valence-electron chi connectivity index (χ4n) is 6.22. The lowest BCUT2D eigenvalue weighted by Gasteiger charge is -2.47. The summed E-state index contributed by atoms with van der Waals surface area (Å²) in [4.78, 5) is 33.3. The molecule has 1 fully saturated rings.